The van der Waals surface area contributed by atoms with Gasteiger partial charge in [-0.05, 0) is 33.6 Å². The van der Waals surface area contributed by atoms with Crippen LogP contribution in [0, 0.1) is 0 Å². The molecule has 0 radical (unpaired) electrons. The van der Waals surface area contributed by atoms with Crippen molar-refractivity contribution in [2.75, 3.05) is 19.8 Å². The number of aromatic nitrogens is 2. The molecule has 25 heavy (non-hydrogen) atoms. The third kappa shape index (κ3) is 3.19. The molecule has 0 spiro atoms. The average Bonchev–Trinajstić information content (AvgIpc) is 2.97. The highest BCUT2D eigenvalue weighted by Gasteiger charge is 2.40. The van der Waals surface area contributed by atoms with E-state index in [1.807, 2.05) is 40.9 Å². The second-order valence-electron chi connectivity index (χ2n) is 6.42. The quantitative estimate of drug-likeness (QED) is 0.717. The Balaban J connectivity index is 1.44. The van der Waals surface area contributed by atoms with Gasteiger partial charge in [0.25, 0.3) is 0 Å². The van der Waals surface area contributed by atoms with Crippen molar-refractivity contribution in [1.82, 2.24) is 14.7 Å². The molecule has 1 fully saturated rings. The summed E-state index contributed by atoms with van der Waals surface area (Å²) in [5, 5.41) is 3.07. The normalized spacial score (nSPS) is 15.7. The number of rotatable bonds is 5. The SMILES string of the molecule is O=C(Cc1cnc2ccc(Br)cn12)NCC1(c2ccccc2)COC1. The van der Waals surface area contributed by atoms with Gasteiger partial charge in [-0.1, -0.05) is 30.3 Å². The zero-order chi connectivity index (χ0) is 17.3. The standard InChI is InChI=1S/C19H18BrN3O2/c20-15-6-7-17-21-9-16(23(17)10-15)8-18(24)22-11-19(12-25-13-19)14-4-2-1-3-5-14/h1-7,9-10H,8,11-13H2,(H,22,24). The molecule has 1 N–H and O–H groups in total. The van der Waals surface area contributed by atoms with Crippen LogP contribution in [0.4, 0.5) is 0 Å². The predicted octanol–water partition coefficient (Wildman–Crippen LogP) is 2.72. The van der Waals surface area contributed by atoms with Crippen molar-refractivity contribution < 1.29 is 9.53 Å². The number of hydrogen-bond acceptors (Lipinski definition) is 3. The Bertz CT molecular complexity index is 903. The summed E-state index contributed by atoms with van der Waals surface area (Å²) in [6.45, 7) is 1.86. The van der Waals surface area contributed by atoms with Crippen molar-refractivity contribution in [3.8, 4) is 0 Å². The first-order chi connectivity index (χ1) is 12.2. The van der Waals surface area contributed by atoms with Gasteiger partial charge in [0.2, 0.25) is 5.91 Å². The number of hydrogen-bond donors (Lipinski definition) is 1. The highest BCUT2D eigenvalue weighted by Crippen LogP contribution is 2.31. The van der Waals surface area contributed by atoms with E-state index in [4.69, 9.17) is 4.74 Å². The molecule has 1 aliphatic rings. The van der Waals surface area contributed by atoms with E-state index in [1.165, 1.54) is 5.56 Å². The third-order valence-corrected chi connectivity index (χ3v) is 5.12. The topological polar surface area (TPSA) is 55.6 Å². The third-order valence-electron chi connectivity index (χ3n) is 4.65. The van der Waals surface area contributed by atoms with Gasteiger partial charge in [0.1, 0.15) is 5.65 Å². The minimum atomic E-state index is -0.112. The molecule has 2 aromatic heterocycles. The molecular weight excluding hydrogens is 382 g/mol. The number of halogens is 1. The van der Waals surface area contributed by atoms with Crippen LogP contribution in [0.5, 0.6) is 0 Å². The van der Waals surface area contributed by atoms with E-state index in [2.05, 4.69) is 38.4 Å². The lowest BCUT2D eigenvalue weighted by Gasteiger charge is -2.42. The largest absolute Gasteiger partial charge is 0.379 e. The summed E-state index contributed by atoms with van der Waals surface area (Å²) in [4.78, 5) is 16.8. The summed E-state index contributed by atoms with van der Waals surface area (Å²) < 4.78 is 8.32. The number of carbonyl (C=O) groups is 1. The van der Waals surface area contributed by atoms with Crippen molar-refractivity contribution >= 4 is 27.5 Å². The van der Waals surface area contributed by atoms with Crippen molar-refractivity contribution in [3.63, 3.8) is 0 Å². The Kier molecular flexibility index (Phi) is 4.31. The summed E-state index contributed by atoms with van der Waals surface area (Å²) in [5.41, 5.74) is 2.80. The molecule has 1 aliphatic heterocycles. The molecule has 1 saturated heterocycles. The monoisotopic (exact) mass is 399 g/mol. The lowest BCUT2D eigenvalue weighted by Crippen LogP contribution is -2.54. The molecule has 5 nitrogen and oxygen atoms in total. The molecule has 0 saturated carbocycles. The van der Waals surface area contributed by atoms with Crippen molar-refractivity contribution in [2.24, 2.45) is 0 Å². The Hall–Kier alpha value is -2.18. The molecule has 3 heterocycles. The van der Waals surface area contributed by atoms with Crippen LogP contribution in [-0.2, 0) is 21.4 Å². The fourth-order valence-corrected chi connectivity index (χ4v) is 3.48. The Labute approximate surface area is 154 Å². The van der Waals surface area contributed by atoms with E-state index in [0.717, 1.165) is 15.8 Å². The minimum absolute atomic E-state index is 0.0102. The highest BCUT2D eigenvalue weighted by molar-refractivity contribution is 9.10. The summed E-state index contributed by atoms with van der Waals surface area (Å²) in [7, 11) is 0. The van der Waals surface area contributed by atoms with Gasteiger partial charge in [-0.3, -0.25) is 4.79 Å². The summed E-state index contributed by atoms with van der Waals surface area (Å²) in [5.74, 6) is -0.0102. The number of imidazole rings is 1. The molecule has 0 atom stereocenters. The smallest absolute Gasteiger partial charge is 0.226 e. The molecule has 6 heteroatoms. The van der Waals surface area contributed by atoms with Crippen LogP contribution in [-0.4, -0.2) is 35.1 Å². The first-order valence-electron chi connectivity index (χ1n) is 8.18. The predicted molar refractivity (Wildman–Crippen MR) is 98.5 cm³/mol. The number of benzene rings is 1. The van der Waals surface area contributed by atoms with E-state index in [1.54, 1.807) is 6.20 Å². The van der Waals surface area contributed by atoms with Gasteiger partial charge in [-0.15, -0.1) is 0 Å². The lowest BCUT2D eigenvalue weighted by atomic mass is 9.78. The zero-order valence-corrected chi connectivity index (χ0v) is 15.2. The highest BCUT2D eigenvalue weighted by atomic mass is 79.9. The second-order valence-corrected chi connectivity index (χ2v) is 7.33. The molecule has 0 unspecified atom stereocenters. The molecule has 128 valence electrons. The van der Waals surface area contributed by atoms with E-state index in [0.29, 0.717) is 26.2 Å². The zero-order valence-electron chi connectivity index (χ0n) is 13.6. The summed E-state index contributed by atoms with van der Waals surface area (Å²) in [6.07, 6.45) is 3.97. The van der Waals surface area contributed by atoms with E-state index in [-0.39, 0.29) is 11.3 Å². The second kappa shape index (κ2) is 6.61. The van der Waals surface area contributed by atoms with Gasteiger partial charge in [0.05, 0.1) is 30.7 Å². The minimum Gasteiger partial charge on any atom is -0.379 e. The van der Waals surface area contributed by atoms with Crippen LogP contribution in [0.25, 0.3) is 5.65 Å². The van der Waals surface area contributed by atoms with Gasteiger partial charge in [0.15, 0.2) is 0 Å². The number of nitrogens with zero attached hydrogens (tertiary/aromatic N) is 2. The molecule has 0 bridgehead atoms. The van der Waals surface area contributed by atoms with Crippen LogP contribution >= 0.6 is 15.9 Å². The Morgan fingerprint density at radius 3 is 2.76 bits per heavy atom. The van der Waals surface area contributed by atoms with Crippen LogP contribution in [0.15, 0.2) is 59.3 Å². The van der Waals surface area contributed by atoms with Gasteiger partial charge >= 0.3 is 0 Å². The van der Waals surface area contributed by atoms with Crippen LogP contribution in [0.3, 0.4) is 0 Å². The molecule has 3 aromatic rings. The van der Waals surface area contributed by atoms with E-state index in [9.17, 15) is 4.79 Å². The summed E-state index contributed by atoms with van der Waals surface area (Å²) in [6, 6.07) is 14.1. The molecule has 1 amide bonds. The maximum Gasteiger partial charge on any atom is 0.226 e. The number of pyridine rings is 1. The van der Waals surface area contributed by atoms with E-state index >= 15 is 0 Å². The molecule has 1 aromatic carbocycles. The van der Waals surface area contributed by atoms with Gasteiger partial charge in [-0.2, -0.15) is 0 Å². The Morgan fingerprint density at radius 1 is 1.24 bits per heavy atom. The fraction of sp³-hybridized carbons (Fsp3) is 0.263. The molecule has 4 rings (SSSR count). The van der Waals surface area contributed by atoms with Gasteiger partial charge < -0.3 is 14.5 Å². The van der Waals surface area contributed by atoms with Crippen LogP contribution in [0.2, 0.25) is 0 Å². The van der Waals surface area contributed by atoms with Crippen LogP contribution in [0.1, 0.15) is 11.3 Å². The van der Waals surface area contributed by atoms with Gasteiger partial charge in [-0.25, -0.2) is 4.98 Å². The van der Waals surface area contributed by atoms with E-state index < -0.39 is 0 Å². The number of ether oxygens (including phenoxy) is 1. The summed E-state index contributed by atoms with van der Waals surface area (Å²) >= 11 is 3.45. The first kappa shape index (κ1) is 16.3. The first-order valence-corrected chi connectivity index (χ1v) is 8.97. The number of fused-ring (bicyclic) bond motifs is 1. The molecule has 0 aliphatic carbocycles. The number of amides is 1. The Morgan fingerprint density at radius 2 is 2.04 bits per heavy atom. The van der Waals surface area contributed by atoms with Crippen molar-refractivity contribution in [1.29, 1.82) is 0 Å². The fourth-order valence-electron chi connectivity index (χ4n) is 3.14. The maximum absolute atomic E-state index is 12.5. The van der Waals surface area contributed by atoms with Crippen molar-refractivity contribution in [3.05, 3.63) is 70.6 Å². The lowest BCUT2D eigenvalue weighted by molar-refractivity contribution is -0.122. The number of nitrogens with one attached hydrogen (secondary N) is 1. The average molecular weight is 400 g/mol. The number of carbonyl (C=O) groups excluding carboxylic acids is 1. The maximum atomic E-state index is 12.5. The van der Waals surface area contributed by atoms with Crippen molar-refractivity contribution in [2.45, 2.75) is 11.8 Å². The van der Waals surface area contributed by atoms with Crippen LogP contribution < -0.4 is 5.32 Å². The van der Waals surface area contributed by atoms with Gasteiger partial charge in [0, 0.05) is 23.4 Å². The molecular formula is C19H18BrN3O2.